The van der Waals surface area contributed by atoms with Crippen LogP contribution in [-0.2, 0) is 9.05 Å². The normalized spacial score (nSPS) is 12.1. The van der Waals surface area contributed by atoms with Gasteiger partial charge in [0.25, 0.3) is 15.5 Å². The zero-order valence-corrected chi connectivity index (χ0v) is 10.5. The lowest BCUT2D eigenvalue weighted by molar-refractivity contribution is 0.149. The standard InChI is InChI=1S/C7H5BrClF2NO2S/c1-3-6(7(10)11)4(8)2-5(12-3)15(9,13)14/h2,7H,1H3. The first-order valence-electron chi connectivity index (χ1n) is 3.63. The summed E-state index contributed by atoms with van der Waals surface area (Å²) in [5.74, 6) is 0. The summed E-state index contributed by atoms with van der Waals surface area (Å²) in [5, 5.41) is -0.446. The molecule has 0 saturated carbocycles. The molecule has 1 rings (SSSR count). The second kappa shape index (κ2) is 4.31. The second-order valence-corrected chi connectivity index (χ2v) is 6.05. The van der Waals surface area contributed by atoms with Gasteiger partial charge in [-0.1, -0.05) is 15.9 Å². The van der Waals surface area contributed by atoms with Crippen LogP contribution in [0.25, 0.3) is 0 Å². The molecule has 0 spiro atoms. The third-order valence-corrected chi connectivity index (χ3v) is 3.48. The van der Waals surface area contributed by atoms with Gasteiger partial charge >= 0.3 is 0 Å². The highest BCUT2D eigenvalue weighted by atomic mass is 79.9. The monoisotopic (exact) mass is 319 g/mol. The molecule has 0 fully saturated rings. The lowest BCUT2D eigenvalue weighted by atomic mass is 10.2. The molecule has 0 aliphatic heterocycles. The second-order valence-electron chi connectivity index (χ2n) is 2.68. The largest absolute Gasteiger partial charge is 0.278 e. The predicted molar refractivity (Wildman–Crippen MR) is 54.7 cm³/mol. The van der Waals surface area contributed by atoms with Gasteiger partial charge < -0.3 is 0 Å². The Balaban J connectivity index is 3.45. The number of aromatic nitrogens is 1. The maximum atomic E-state index is 12.5. The van der Waals surface area contributed by atoms with Crippen molar-refractivity contribution >= 4 is 35.7 Å². The molecule has 1 aromatic rings. The van der Waals surface area contributed by atoms with Gasteiger partial charge in [0.2, 0.25) is 0 Å². The molecule has 8 heteroatoms. The lowest BCUT2D eigenvalue weighted by Crippen LogP contribution is -2.02. The molecule has 0 saturated heterocycles. The van der Waals surface area contributed by atoms with Gasteiger partial charge in [-0.25, -0.2) is 22.2 Å². The fourth-order valence-electron chi connectivity index (χ4n) is 1.00. The van der Waals surface area contributed by atoms with Crippen molar-refractivity contribution in [1.29, 1.82) is 0 Å². The predicted octanol–water partition coefficient (Wildman–Crippen LogP) is 3.02. The van der Waals surface area contributed by atoms with E-state index in [9.17, 15) is 17.2 Å². The maximum Gasteiger partial charge on any atom is 0.278 e. The molecule has 3 nitrogen and oxygen atoms in total. The van der Waals surface area contributed by atoms with Crippen LogP contribution in [0.4, 0.5) is 8.78 Å². The molecule has 0 bridgehead atoms. The van der Waals surface area contributed by atoms with Crippen LogP contribution in [0.5, 0.6) is 0 Å². The average molecular weight is 321 g/mol. The Morgan fingerprint density at radius 2 is 2.07 bits per heavy atom. The first-order valence-corrected chi connectivity index (χ1v) is 6.73. The SMILES string of the molecule is Cc1nc(S(=O)(=O)Cl)cc(Br)c1C(F)F. The molecule has 15 heavy (non-hydrogen) atoms. The van der Waals surface area contributed by atoms with Crippen molar-refractivity contribution in [2.24, 2.45) is 0 Å². The van der Waals surface area contributed by atoms with E-state index in [0.29, 0.717) is 0 Å². The zero-order chi connectivity index (χ0) is 11.8. The molecule has 0 amide bonds. The summed E-state index contributed by atoms with van der Waals surface area (Å²) in [6, 6.07) is 0.955. The first kappa shape index (κ1) is 12.8. The summed E-state index contributed by atoms with van der Waals surface area (Å²) in [4.78, 5) is 3.50. The highest BCUT2D eigenvalue weighted by Crippen LogP contribution is 2.31. The van der Waals surface area contributed by atoms with Crippen LogP contribution in [0.2, 0.25) is 0 Å². The van der Waals surface area contributed by atoms with Crippen LogP contribution in [0, 0.1) is 6.92 Å². The molecule has 0 atom stereocenters. The van der Waals surface area contributed by atoms with Crippen molar-refractivity contribution in [3.8, 4) is 0 Å². The van der Waals surface area contributed by atoms with Gasteiger partial charge in [-0.2, -0.15) is 0 Å². The third-order valence-electron chi connectivity index (χ3n) is 1.64. The van der Waals surface area contributed by atoms with Gasteiger partial charge in [0.05, 0.1) is 5.56 Å². The molecule has 0 aliphatic rings. The van der Waals surface area contributed by atoms with Gasteiger partial charge in [-0.05, 0) is 13.0 Å². The molecule has 84 valence electrons. The van der Waals surface area contributed by atoms with E-state index in [4.69, 9.17) is 10.7 Å². The molecule has 1 heterocycles. The summed E-state index contributed by atoms with van der Waals surface area (Å²) in [6.45, 7) is 1.29. The number of halogens is 4. The van der Waals surface area contributed by atoms with E-state index < -0.39 is 20.5 Å². The quantitative estimate of drug-likeness (QED) is 0.787. The highest BCUT2D eigenvalue weighted by Gasteiger charge is 2.21. The van der Waals surface area contributed by atoms with E-state index in [1.807, 2.05) is 0 Å². The summed E-state index contributed by atoms with van der Waals surface area (Å²) >= 11 is 2.85. The summed E-state index contributed by atoms with van der Waals surface area (Å²) < 4.78 is 46.7. The van der Waals surface area contributed by atoms with Gasteiger partial charge in [0.1, 0.15) is 0 Å². The minimum Gasteiger partial charge on any atom is -0.240 e. The average Bonchev–Trinajstić information content (AvgIpc) is 1.99. The molecular weight excluding hydrogens is 316 g/mol. The molecule has 1 aromatic heterocycles. The molecule has 0 radical (unpaired) electrons. The number of aryl methyl sites for hydroxylation is 1. The number of rotatable bonds is 2. The van der Waals surface area contributed by atoms with Crippen LogP contribution in [0.15, 0.2) is 15.6 Å². The number of nitrogens with zero attached hydrogens (tertiary/aromatic N) is 1. The smallest absolute Gasteiger partial charge is 0.240 e. The summed E-state index contributed by atoms with van der Waals surface area (Å²) in [7, 11) is 1.03. The number of hydrogen-bond acceptors (Lipinski definition) is 3. The van der Waals surface area contributed by atoms with Crippen LogP contribution in [0.3, 0.4) is 0 Å². The van der Waals surface area contributed by atoms with Gasteiger partial charge in [-0.3, -0.25) is 0 Å². The summed E-state index contributed by atoms with van der Waals surface area (Å²) in [6.07, 6.45) is -2.72. The van der Waals surface area contributed by atoms with Crippen LogP contribution in [-0.4, -0.2) is 13.4 Å². The molecule has 0 aliphatic carbocycles. The lowest BCUT2D eigenvalue weighted by Gasteiger charge is -2.07. The van der Waals surface area contributed by atoms with E-state index in [-0.39, 0.29) is 15.7 Å². The fraction of sp³-hybridized carbons (Fsp3) is 0.286. The Bertz CT molecular complexity index is 469. The van der Waals surface area contributed by atoms with Crippen molar-refractivity contribution < 1.29 is 17.2 Å². The molecule has 0 N–H and O–H groups in total. The Morgan fingerprint density at radius 1 is 1.53 bits per heavy atom. The zero-order valence-electron chi connectivity index (χ0n) is 7.34. The Kier molecular flexibility index (Phi) is 3.67. The van der Waals surface area contributed by atoms with Crippen molar-refractivity contribution in [3.63, 3.8) is 0 Å². The maximum absolute atomic E-state index is 12.5. The van der Waals surface area contributed by atoms with Gasteiger partial charge in [0.15, 0.2) is 5.03 Å². The third kappa shape index (κ3) is 2.85. The Hall–Kier alpha value is -0.270. The first-order chi connectivity index (χ1) is 6.73. The number of pyridine rings is 1. The van der Waals surface area contributed by atoms with Crippen molar-refractivity contribution in [3.05, 3.63) is 21.8 Å². The van der Waals surface area contributed by atoms with Crippen molar-refractivity contribution in [2.45, 2.75) is 18.4 Å². The molecule has 0 unspecified atom stereocenters. The van der Waals surface area contributed by atoms with Gasteiger partial charge in [-0.15, -0.1) is 0 Å². The van der Waals surface area contributed by atoms with Gasteiger partial charge in [0, 0.05) is 20.8 Å². The van der Waals surface area contributed by atoms with E-state index in [2.05, 4.69) is 20.9 Å². The minimum absolute atomic E-state index is 0.0239. The fourth-order valence-corrected chi connectivity index (χ4v) is 2.57. The van der Waals surface area contributed by atoms with Crippen LogP contribution in [0.1, 0.15) is 17.7 Å². The van der Waals surface area contributed by atoms with E-state index in [1.165, 1.54) is 6.92 Å². The van der Waals surface area contributed by atoms with E-state index in [0.717, 1.165) is 6.07 Å². The van der Waals surface area contributed by atoms with Crippen molar-refractivity contribution in [1.82, 2.24) is 4.98 Å². The van der Waals surface area contributed by atoms with E-state index in [1.54, 1.807) is 0 Å². The minimum atomic E-state index is -4.00. The van der Waals surface area contributed by atoms with E-state index >= 15 is 0 Å². The van der Waals surface area contributed by atoms with Crippen molar-refractivity contribution in [2.75, 3.05) is 0 Å². The number of hydrogen-bond donors (Lipinski definition) is 0. The number of alkyl halides is 2. The molecule has 0 aromatic carbocycles. The van der Waals surface area contributed by atoms with Crippen LogP contribution < -0.4 is 0 Å². The highest BCUT2D eigenvalue weighted by molar-refractivity contribution is 9.10. The molecular formula is C7H5BrClF2NO2S. The Morgan fingerprint density at radius 3 is 2.40 bits per heavy atom. The summed E-state index contributed by atoms with van der Waals surface area (Å²) in [5.41, 5.74) is -0.405. The Labute approximate surface area is 98.0 Å². The van der Waals surface area contributed by atoms with Crippen LogP contribution >= 0.6 is 26.6 Å². The topological polar surface area (TPSA) is 47.0 Å².